The molecule has 232 valence electrons. The Bertz CT molecular complexity index is 1690. The van der Waals surface area contributed by atoms with E-state index in [0.29, 0.717) is 41.7 Å². The van der Waals surface area contributed by atoms with Crippen LogP contribution in [0.4, 0.5) is 20.6 Å². The topological polar surface area (TPSA) is 131 Å². The lowest BCUT2D eigenvalue weighted by atomic mass is 9.84. The molecule has 3 aromatic carbocycles. The third kappa shape index (κ3) is 6.29. The van der Waals surface area contributed by atoms with E-state index in [4.69, 9.17) is 0 Å². The molecule has 3 aromatic rings. The minimum absolute atomic E-state index is 0.0317. The molecule has 3 fully saturated rings. The van der Waals surface area contributed by atoms with Crippen LogP contribution in [0, 0.1) is 24.6 Å². The molecule has 2 bridgehead atoms. The Morgan fingerprint density at radius 3 is 2.29 bits per heavy atom. The number of urea groups is 1. The number of rotatable bonds is 6. The lowest BCUT2D eigenvalue weighted by molar-refractivity contribution is -0.132. The van der Waals surface area contributed by atoms with Gasteiger partial charge >= 0.3 is 12.0 Å². The average molecular weight is 612 g/mol. The number of benzodiazepines with no additional fused rings is 1. The van der Waals surface area contributed by atoms with Crippen molar-refractivity contribution >= 4 is 40.9 Å². The number of hydrogen-bond donors (Lipinski definition) is 3. The predicted molar refractivity (Wildman–Crippen MR) is 167 cm³/mol. The van der Waals surface area contributed by atoms with Crippen LogP contribution in [0.3, 0.4) is 0 Å². The van der Waals surface area contributed by atoms with Crippen LogP contribution < -0.4 is 15.5 Å². The van der Waals surface area contributed by atoms with E-state index in [1.54, 1.807) is 30.3 Å². The number of carbonyl (C=O) groups is 4. The highest BCUT2D eigenvalue weighted by atomic mass is 19.1. The Morgan fingerprint density at radius 2 is 1.60 bits per heavy atom. The number of carbonyl (C=O) groups excluding carboxylic acids is 3. The fourth-order valence-electron chi connectivity index (χ4n) is 6.59. The Morgan fingerprint density at radius 1 is 0.933 bits per heavy atom. The zero-order valence-electron chi connectivity index (χ0n) is 24.8. The Kier molecular flexibility index (Phi) is 8.34. The molecule has 2 saturated heterocycles. The van der Waals surface area contributed by atoms with Gasteiger partial charge in [-0.05, 0) is 80.3 Å². The normalized spacial score (nSPS) is 20.9. The Balaban J connectivity index is 1.37. The van der Waals surface area contributed by atoms with Gasteiger partial charge in [-0.2, -0.15) is 0 Å². The van der Waals surface area contributed by atoms with Crippen LogP contribution in [-0.2, 0) is 9.59 Å². The number of fused-ring (bicyclic) bond motifs is 5. The second-order valence-electron chi connectivity index (χ2n) is 11.9. The number of benzene rings is 3. The summed E-state index contributed by atoms with van der Waals surface area (Å²) in [6.07, 6.45) is 2.84. The van der Waals surface area contributed by atoms with Gasteiger partial charge < -0.3 is 20.6 Å². The van der Waals surface area contributed by atoms with Crippen molar-refractivity contribution in [3.05, 3.63) is 94.8 Å². The third-order valence-electron chi connectivity index (χ3n) is 8.85. The number of anilines is 2. The summed E-state index contributed by atoms with van der Waals surface area (Å²) in [6, 6.07) is 16.2. The lowest BCUT2D eigenvalue weighted by Crippen LogP contribution is -2.52. The van der Waals surface area contributed by atoms with Gasteiger partial charge in [0.2, 0.25) is 12.1 Å². The summed E-state index contributed by atoms with van der Waals surface area (Å²) in [7, 11) is 0. The molecule has 4 aliphatic rings. The first-order chi connectivity index (χ1) is 21.7. The number of aryl methyl sites for hydroxylation is 1. The molecule has 0 spiro atoms. The number of aliphatic imine (C=N–C) groups is 1. The summed E-state index contributed by atoms with van der Waals surface area (Å²) in [5.41, 5.74) is 2.01. The molecule has 1 unspecified atom stereocenters. The highest BCUT2D eigenvalue weighted by Crippen LogP contribution is 2.35. The van der Waals surface area contributed by atoms with Crippen molar-refractivity contribution in [2.24, 2.45) is 16.8 Å². The van der Waals surface area contributed by atoms with Gasteiger partial charge in [0.25, 0.3) is 5.91 Å². The van der Waals surface area contributed by atoms with E-state index in [0.717, 1.165) is 25.7 Å². The quantitative estimate of drug-likeness (QED) is 0.368. The molecular weight excluding hydrogens is 577 g/mol. The van der Waals surface area contributed by atoms with Crippen LogP contribution in [0.2, 0.25) is 0 Å². The predicted octanol–water partition coefficient (Wildman–Crippen LogP) is 4.81. The van der Waals surface area contributed by atoms with Crippen molar-refractivity contribution in [2.45, 2.75) is 38.8 Å². The Hall–Kier alpha value is -5.06. The van der Waals surface area contributed by atoms with Crippen LogP contribution >= 0.6 is 0 Å². The van der Waals surface area contributed by atoms with Gasteiger partial charge in [0.1, 0.15) is 12.4 Å². The number of nitrogens with zero attached hydrogens (tertiary/aromatic N) is 3. The van der Waals surface area contributed by atoms with Crippen LogP contribution in [0.5, 0.6) is 0 Å². The smallest absolute Gasteiger partial charge is 0.335 e. The molecule has 0 radical (unpaired) electrons. The maximum Gasteiger partial charge on any atom is 0.335 e. The molecule has 0 aromatic heterocycles. The van der Waals surface area contributed by atoms with Crippen molar-refractivity contribution in [2.75, 3.05) is 29.9 Å². The fourth-order valence-corrected chi connectivity index (χ4v) is 6.59. The molecule has 11 heteroatoms. The van der Waals surface area contributed by atoms with E-state index in [2.05, 4.69) is 15.6 Å². The fraction of sp³-hybridized carbons (Fsp3) is 0.324. The number of hydrogen-bond acceptors (Lipinski definition) is 5. The van der Waals surface area contributed by atoms with Gasteiger partial charge in [-0.25, -0.2) is 19.0 Å². The molecule has 3 aliphatic heterocycles. The zero-order valence-corrected chi connectivity index (χ0v) is 24.8. The largest absolute Gasteiger partial charge is 0.478 e. The average Bonchev–Trinajstić information content (AvgIpc) is 3.41. The first-order valence-electron chi connectivity index (χ1n) is 15.1. The van der Waals surface area contributed by atoms with E-state index in [1.807, 2.05) is 17.9 Å². The number of halogens is 1. The van der Waals surface area contributed by atoms with Crippen LogP contribution in [0.25, 0.3) is 0 Å². The molecule has 45 heavy (non-hydrogen) atoms. The van der Waals surface area contributed by atoms with Crippen LogP contribution in [0.15, 0.2) is 71.7 Å². The number of aromatic carboxylic acids is 1. The number of nitrogens with one attached hydrogen (secondary N) is 2. The van der Waals surface area contributed by atoms with Gasteiger partial charge in [0.15, 0.2) is 0 Å². The highest BCUT2D eigenvalue weighted by molar-refractivity contribution is 6.21. The number of para-hydroxylation sites is 1. The van der Waals surface area contributed by atoms with Gasteiger partial charge in [0.05, 0.1) is 17.0 Å². The summed E-state index contributed by atoms with van der Waals surface area (Å²) in [4.78, 5) is 60.6. The highest BCUT2D eigenvalue weighted by Gasteiger charge is 2.38. The standard InChI is InChI=1S/C34H34FN5O5/c1-20-6-4-10-26-29(25-9-2-3-11-27(25)35)37-31(38-34(45)36-24-8-5-7-23(16-24)33(43)44)32(42)40(30(20)26)19-28(41)39-17-21-12-13-22(18-39)15-14-21/h2-11,16,21-22,31H,12-15,17-19H2,1H3,(H,43,44)(H2,36,38,45). The minimum Gasteiger partial charge on any atom is -0.478 e. The molecule has 3 heterocycles. The molecule has 7 rings (SSSR count). The van der Waals surface area contributed by atoms with Gasteiger partial charge in [-0.1, -0.05) is 36.4 Å². The van der Waals surface area contributed by atoms with Gasteiger partial charge in [0, 0.05) is 29.9 Å². The zero-order chi connectivity index (χ0) is 31.7. The van der Waals surface area contributed by atoms with Crippen molar-refractivity contribution in [3.8, 4) is 0 Å². The van der Waals surface area contributed by atoms with Crippen molar-refractivity contribution in [1.29, 1.82) is 0 Å². The summed E-state index contributed by atoms with van der Waals surface area (Å²) in [5, 5.41) is 14.4. The first-order valence-corrected chi connectivity index (χ1v) is 15.1. The van der Waals surface area contributed by atoms with E-state index in [1.165, 1.54) is 35.2 Å². The first kappa shape index (κ1) is 30.0. The Labute approximate surface area is 259 Å². The SMILES string of the molecule is Cc1cccc2c1N(CC(=O)N1CC3CCC(CC3)C1)C(=O)C(NC(=O)Nc1cccc(C(=O)O)c1)N=C2c1ccccc1F. The van der Waals surface area contributed by atoms with Gasteiger partial charge in [-0.3, -0.25) is 14.5 Å². The number of carboxylic acid groups (broad SMARTS) is 1. The molecule has 1 atom stereocenters. The van der Waals surface area contributed by atoms with Gasteiger partial charge in [-0.15, -0.1) is 0 Å². The third-order valence-corrected chi connectivity index (χ3v) is 8.85. The van der Waals surface area contributed by atoms with Crippen molar-refractivity contribution in [3.63, 3.8) is 0 Å². The molecular formula is C34H34FN5O5. The van der Waals surface area contributed by atoms with E-state index < -0.39 is 29.9 Å². The molecule has 1 aliphatic carbocycles. The van der Waals surface area contributed by atoms with Crippen molar-refractivity contribution < 1.29 is 28.7 Å². The van der Waals surface area contributed by atoms with Crippen molar-refractivity contribution in [1.82, 2.24) is 10.2 Å². The minimum atomic E-state index is -1.53. The second-order valence-corrected chi connectivity index (χ2v) is 11.9. The molecule has 1 saturated carbocycles. The number of amides is 4. The lowest BCUT2D eigenvalue weighted by Gasteiger charge is -2.30. The van der Waals surface area contributed by atoms with E-state index in [-0.39, 0.29) is 35.0 Å². The molecule has 4 amide bonds. The van der Waals surface area contributed by atoms with E-state index in [9.17, 15) is 24.3 Å². The summed E-state index contributed by atoms with van der Waals surface area (Å²) in [5.74, 6) is -1.69. The monoisotopic (exact) mass is 611 g/mol. The van der Waals surface area contributed by atoms with Crippen LogP contribution in [-0.4, -0.2) is 65.3 Å². The molecule has 3 N–H and O–H groups in total. The number of carboxylic acids is 1. The molecule has 10 nitrogen and oxygen atoms in total. The summed E-state index contributed by atoms with van der Waals surface area (Å²) < 4.78 is 15.3. The summed E-state index contributed by atoms with van der Waals surface area (Å²) in [6.45, 7) is 2.84. The second kappa shape index (κ2) is 12.5. The maximum atomic E-state index is 15.3. The van der Waals surface area contributed by atoms with E-state index >= 15 is 4.39 Å². The van der Waals surface area contributed by atoms with Crippen LogP contribution in [0.1, 0.15) is 52.7 Å². The maximum absolute atomic E-state index is 15.3. The summed E-state index contributed by atoms with van der Waals surface area (Å²) >= 11 is 0.